The third kappa shape index (κ3) is 3.51. The van der Waals surface area contributed by atoms with Crippen LogP contribution in [0.15, 0.2) is 59.5 Å². The average Bonchev–Trinajstić information content (AvgIpc) is 2.59. The van der Waals surface area contributed by atoms with Gasteiger partial charge in [0.2, 0.25) is 0 Å². The summed E-state index contributed by atoms with van der Waals surface area (Å²) in [7, 11) is 0. The lowest BCUT2D eigenvalue weighted by atomic mass is 10.2. The molecule has 0 N–H and O–H groups in total. The van der Waals surface area contributed by atoms with E-state index in [2.05, 4.69) is 5.10 Å². The van der Waals surface area contributed by atoms with Crippen molar-refractivity contribution in [1.82, 2.24) is 9.78 Å². The molecule has 0 saturated carbocycles. The summed E-state index contributed by atoms with van der Waals surface area (Å²) in [6.07, 6.45) is 1.70. The van der Waals surface area contributed by atoms with E-state index in [1.807, 2.05) is 55.5 Å². The minimum atomic E-state index is -0.0987. The molecule has 0 amide bonds. The number of hydrogen-bond donors (Lipinski definition) is 0. The van der Waals surface area contributed by atoms with Gasteiger partial charge in [0, 0.05) is 5.39 Å². The molecule has 3 rings (SSSR count). The van der Waals surface area contributed by atoms with Gasteiger partial charge in [0.15, 0.2) is 0 Å². The fourth-order valence-electron chi connectivity index (χ4n) is 2.34. The first kappa shape index (κ1) is 15.1. The van der Waals surface area contributed by atoms with E-state index in [4.69, 9.17) is 9.47 Å². The molecule has 1 heterocycles. The fourth-order valence-corrected chi connectivity index (χ4v) is 2.34. The van der Waals surface area contributed by atoms with Gasteiger partial charge in [0.05, 0.1) is 24.7 Å². The Morgan fingerprint density at radius 2 is 1.70 bits per heavy atom. The van der Waals surface area contributed by atoms with E-state index in [0.29, 0.717) is 25.1 Å². The van der Waals surface area contributed by atoms with E-state index in [-0.39, 0.29) is 5.56 Å². The normalized spacial score (nSPS) is 10.7. The molecular formula is C18H18N2O3. The number of hydrogen-bond acceptors (Lipinski definition) is 4. The summed E-state index contributed by atoms with van der Waals surface area (Å²) in [5, 5.41) is 5.70. The smallest absolute Gasteiger partial charge is 0.274 e. The number of nitrogens with zero attached hydrogens (tertiary/aromatic N) is 2. The van der Waals surface area contributed by atoms with Crippen molar-refractivity contribution < 1.29 is 9.47 Å². The molecular weight excluding hydrogens is 292 g/mol. The first-order valence-corrected chi connectivity index (χ1v) is 7.58. The van der Waals surface area contributed by atoms with Crippen molar-refractivity contribution in [3.8, 4) is 11.5 Å². The monoisotopic (exact) mass is 310 g/mol. The second-order valence-corrected chi connectivity index (χ2v) is 5.01. The van der Waals surface area contributed by atoms with Crippen LogP contribution in [0.4, 0.5) is 0 Å². The lowest BCUT2D eigenvalue weighted by Gasteiger charge is -2.09. The zero-order valence-corrected chi connectivity index (χ0v) is 12.9. The minimum Gasteiger partial charge on any atom is -0.494 e. The Kier molecular flexibility index (Phi) is 4.57. The summed E-state index contributed by atoms with van der Waals surface area (Å²) in [5.41, 5.74) is -0.0987. The molecule has 0 atom stereocenters. The van der Waals surface area contributed by atoms with Gasteiger partial charge in [-0.05, 0) is 37.3 Å². The molecule has 3 aromatic rings. The van der Waals surface area contributed by atoms with Crippen molar-refractivity contribution in [2.75, 3.05) is 13.2 Å². The van der Waals surface area contributed by atoms with Gasteiger partial charge in [-0.1, -0.05) is 18.2 Å². The summed E-state index contributed by atoms with van der Waals surface area (Å²) in [6, 6.07) is 14.8. The standard InChI is InChI=1S/C18H18N2O3/c1-2-22-15-7-9-16(10-8-15)23-12-11-20-18(21)17-6-4-3-5-14(17)13-19-20/h3-10,13H,2,11-12H2,1H3. The largest absolute Gasteiger partial charge is 0.494 e. The topological polar surface area (TPSA) is 53.4 Å². The third-order valence-corrected chi connectivity index (χ3v) is 3.47. The number of benzene rings is 2. The van der Waals surface area contributed by atoms with Gasteiger partial charge in [0.25, 0.3) is 5.56 Å². The van der Waals surface area contributed by atoms with Crippen LogP contribution in [0.1, 0.15) is 6.92 Å². The Hall–Kier alpha value is -2.82. The predicted octanol–water partition coefficient (Wildman–Crippen LogP) is 2.87. The van der Waals surface area contributed by atoms with E-state index in [1.165, 1.54) is 4.68 Å². The summed E-state index contributed by atoms with van der Waals surface area (Å²) in [4.78, 5) is 12.3. The number of rotatable bonds is 6. The van der Waals surface area contributed by atoms with Crippen LogP contribution in [0.2, 0.25) is 0 Å². The van der Waals surface area contributed by atoms with Gasteiger partial charge in [-0.15, -0.1) is 0 Å². The van der Waals surface area contributed by atoms with Crippen LogP contribution in [0.5, 0.6) is 11.5 Å². The predicted molar refractivity (Wildman–Crippen MR) is 89.1 cm³/mol. The Balaban J connectivity index is 1.64. The Labute approximate surface area is 134 Å². The summed E-state index contributed by atoms with van der Waals surface area (Å²) in [5.74, 6) is 1.55. The third-order valence-electron chi connectivity index (χ3n) is 3.47. The Morgan fingerprint density at radius 3 is 2.43 bits per heavy atom. The van der Waals surface area contributed by atoms with Gasteiger partial charge >= 0.3 is 0 Å². The average molecular weight is 310 g/mol. The SMILES string of the molecule is CCOc1ccc(OCCn2ncc3ccccc3c2=O)cc1. The summed E-state index contributed by atoms with van der Waals surface area (Å²) in [6.45, 7) is 3.35. The van der Waals surface area contributed by atoms with Crippen molar-refractivity contribution in [1.29, 1.82) is 0 Å². The van der Waals surface area contributed by atoms with Crippen LogP contribution in [0, 0.1) is 0 Å². The van der Waals surface area contributed by atoms with Gasteiger partial charge in [-0.2, -0.15) is 5.10 Å². The van der Waals surface area contributed by atoms with Gasteiger partial charge in [-0.3, -0.25) is 4.79 Å². The van der Waals surface area contributed by atoms with Crippen LogP contribution >= 0.6 is 0 Å². The second-order valence-electron chi connectivity index (χ2n) is 5.01. The Morgan fingerprint density at radius 1 is 1.00 bits per heavy atom. The zero-order valence-electron chi connectivity index (χ0n) is 12.9. The molecule has 118 valence electrons. The van der Waals surface area contributed by atoms with Crippen LogP contribution in [-0.2, 0) is 6.54 Å². The molecule has 5 nitrogen and oxygen atoms in total. The molecule has 0 saturated heterocycles. The van der Waals surface area contributed by atoms with Crippen molar-refractivity contribution in [2.45, 2.75) is 13.5 Å². The molecule has 0 spiro atoms. The number of fused-ring (bicyclic) bond motifs is 1. The number of ether oxygens (including phenoxy) is 2. The van der Waals surface area contributed by atoms with Crippen LogP contribution in [-0.4, -0.2) is 23.0 Å². The van der Waals surface area contributed by atoms with Crippen LogP contribution in [0.25, 0.3) is 10.8 Å². The molecule has 0 fully saturated rings. The highest BCUT2D eigenvalue weighted by Gasteiger charge is 2.03. The van der Waals surface area contributed by atoms with Gasteiger partial charge in [-0.25, -0.2) is 4.68 Å². The number of aromatic nitrogens is 2. The molecule has 2 aromatic carbocycles. The second kappa shape index (κ2) is 6.96. The quantitative estimate of drug-likeness (QED) is 0.702. The maximum absolute atomic E-state index is 12.3. The summed E-state index contributed by atoms with van der Waals surface area (Å²) >= 11 is 0. The first-order valence-electron chi connectivity index (χ1n) is 7.58. The lowest BCUT2D eigenvalue weighted by molar-refractivity contribution is 0.287. The van der Waals surface area contributed by atoms with Gasteiger partial charge < -0.3 is 9.47 Å². The molecule has 23 heavy (non-hydrogen) atoms. The molecule has 0 aliphatic heterocycles. The molecule has 0 aliphatic rings. The first-order chi connectivity index (χ1) is 11.3. The van der Waals surface area contributed by atoms with Crippen molar-refractivity contribution in [3.63, 3.8) is 0 Å². The van der Waals surface area contributed by atoms with E-state index in [9.17, 15) is 4.79 Å². The molecule has 0 aliphatic carbocycles. The highest BCUT2D eigenvalue weighted by molar-refractivity contribution is 5.80. The minimum absolute atomic E-state index is 0.0987. The van der Waals surface area contributed by atoms with E-state index >= 15 is 0 Å². The maximum atomic E-state index is 12.3. The molecule has 5 heteroatoms. The van der Waals surface area contributed by atoms with Crippen molar-refractivity contribution >= 4 is 10.8 Å². The summed E-state index contributed by atoms with van der Waals surface area (Å²) < 4.78 is 12.5. The Bertz CT molecular complexity index is 841. The molecule has 0 radical (unpaired) electrons. The zero-order chi connectivity index (χ0) is 16.1. The van der Waals surface area contributed by atoms with Crippen molar-refractivity contribution in [2.24, 2.45) is 0 Å². The van der Waals surface area contributed by atoms with Crippen molar-refractivity contribution in [3.05, 3.63) is 65.1 Å². The molecule has 1 aromatic heterocycles. The van der Waals surface area contributed by atoms with Crippen LogP contribution in [0.3, 0.4) is 0 Å². The van der Waals surface area contributed by atoms with E-state index < -0.39 is 0 Å². The highest BCUT2D eigenvalue weighted by Crippen LogP contribution is 2.17. The van der Waals surface area contributed by atoms with E-state index in [0.717, 1.165) is 16.9 Å². The molecule has 0 unspecified atom stereocenters. The fraction of sp³-hybridized carbons (Fsp3) is 0.222. The maximum Gasteiger partial charge on any atom is 0.274 e. The van der Waals surface area contributed by atoms with Gasteiger partial charge in [0.1, 0.15) is 18.1 Å². The van der Waals surface area contributed by atoms with E-state index in [1.54, 1.807) is 6.20 Å². The van der Waals surface area contributed by atoms with Crippen LogP contribution < -0.4 is 15.0 Å². The molecule has 0 bridgehead atoms. The highest BCUT2D eigenvalue weighted by atomic mass is 16.5. The lowest BCUT2D eigenvalue weighted by Crippen LogP contribution is -2.25.